The van der Waals surface area contributed by atoms with Crippen LogP contribution in [0.25, 0.3) is 5.65 Å². The van der Waals surface area contributed by atoms with Gasteiger partial charge < -0.3 is 5.32 Å². The fraction of sp³-hybridized carbons (Fsp3) is 0.316. The number of aromatic nitrogens is 3. The van der Waals surface area contributed by atoms with E-state index in [0.717, 1.165) is 23.9 Å². The van der Waals surface area contributed by atoms with Gasteiger partial charge in [-0.15, -0.1) is 10.2 Å². The first kappa shape index (κ1) is 23.1. The molecule has 12 heteroatoms. The number of hydrogen-bond acceptors (Lipinski definition) is 6. The predicted octanol–water partition coefficient (Wildman–Crippen LogP) is 3.16. The van der Waals surface area contributed by atoms with Crippen molar-refractivity contribution in [3.63, 3.8) is 0 Å². The summed E-state index contributed by atoms with van der Waals surface area (Å²) in [6, 6.07) is 5.85. The average molecular weight is 470 g/mol. The number of nitrogens with zero attached hydrogens (tertiary/aromatic N) is 4. The molecule has 0 saturated carbocycles. The highest BCUT2D eigenvalue weighted by atomic mass is 32.2. The van der Waals surface area contributed by atoms with Crippen LogP contribution < -0.4 is 5.32 Å². The first-order valence-corrected chi connectivity index (χ1v) is 11.8. The molecule has 1 N–H and O–H groups in total. The summed E-state index contributed by atoms with van der Waals surface area (Å²) in [5.41, 5.74) is 0.274. The van der Waals surface area contributed by atoms with Crippen LogP contribution in [0.2, 0.25) is 0 Å². The Kier molecular flexibility index (Phi) is 6.92. The summed E-state index contributed by atoms with van der Waals surface area (Å²) < 4.78 is 55.2. The standard InChI is InChI=1S/C19H21F2N5O3S2/c1-4-25(5-2)31(28,29)14-7-9-17-23-24-19(26(17)11-14)30-12(3)18(27)22-16-8-6-13(20)10-15(16)21/h6-12H,4-5H2,1-3H3,(H,22,27). The quantitative estimate of drug-likeness (QED) is 0.509. The Morgan fingerprint density at radius 2 is 1.90 bits per heavy atom. The number of pyridine rings is 1. The first-order valence-electron chi connectivity index (χ1n) is 9.44. The SMILES string of the molecule is CCN(CC)S(=O)(=O)c1ccc2nnc(SC(C)C(=O)Nc3ccc(F)cc3F)n2c1. The third-order valence-corrected chi connectivity index (χ3v) is 7.62. The van der Waals surface area contributed by atoms with Crippen LogP contribution in [0.15, 0.2) is 46.6 Å². The monoisotopic (exact) mass is 469 g/mol. The maximum Gasteiger partial charge on any atom is 0.244 e. The maximum absolute atomic E-state index is 13.8. The van der Waals surface area contributed by atoms with E-state index in [0.29, 0.717) is 30.0 Å². The third-order valence-electron chi connectivity index (χ3n) is 4.53. The number of fused-ring (bicyclic) bond motifs is 1. The summed E-state index contributed by atoms with van der Waals surface area (Å²) >= 11 is 1.03. The zero-order valence-corrected chi connectivity index (χ0v) is 18.7. The molecule has 8 nitrogen and oxygen atoms in total. The van der Waals surface area contributed by atoms with Crippen LogP contribution in [0.5, 0.6) is 0 Å². The molecule has 0 bridgehead atoms. The molecule has 1 unspecified atom stereocenters. The number of thioether (sulfide) groups is 1. The number of anilines is 1. The largest absolute Gasteiger partial charge is 0.323 e. The van der Waals surface area contributed by atoms with E-state index in [4.69, 9.17) is 0 Å². The number of benzene rings is 1. The van der Waals surface area contributed by atoms with Crippen LogP contribution in [-0.2, 0) is 14.8 Å². The Balaban J connectivity index is 1.83. The Morgan fingerprint density at radius 1 is 1.19 bits per heavy atom. The lowest BCUT2D eigenvalue weighted by molar-refractivity contribution is -0.115. The Morgan fingerprint density at radius 3 is 2.55 bits per heavy atom. The number of nitrogens with one attached hydrogen (secondary N) is 1. The van der Waals surface area contributed by atoms with Gasteiger partial charge in [0, 0.05) is 25.4 Å². The maximum atomic E-state index is 13.8. The number of carbonyl (C=O) groups excluding carboxylic acids is 1. The van der Waals surface area contributed by atoms with Gasteiger partial charge >= 0.3 is 0 Å². The van der Waals surface area contributed by atoms with Crippen LogP contribution in [0.4, 0.5) is 14.5 Å². The number of carbonyl (C=O) groups is 1. The van der Waals surface area contributed by atoms with Gasteiger partial charge in [-0.2, -0.15) is 4.31 Å². The highest BCUT2D eigenvalue weighted by molar-refractivity contribution is 8.00. The van der Waals surface area contributed by atoms with Gasteiger partial charge in [0.05, 0.1) is 15.8 Å². The minimum atomic E-state index is -3.69. The van der Waals surface area contributed by atoms with Crippen LogP contribution >= 0.6 is 11.8 Å². The summed E-state index contributed by atoms with van der Waals surface area (Å²) in [5.74, 6) is -2.16. The number of halogens is 2. The van der Waals surface area contributed by atoms with Crippen LogP contribution in [0, 0.1) is 11.6 Å². The fourth-order valence-electron chi connectivity index (χ4n) is 2.83. The number of amides is 1. The van der Waals surface area contributed by atoms with Crippen LogP contribution in [0.3, 0.4) is 0 Å². The van der Waals surface area contributed by atoms with Gasteiger partial charge in [0.15, 0.2) is 10.8 Å². The van der Waals surface area contributed by atoms with Crippen molar-refractivity contribution in [3.8, 4) is 0 Å². The molecule has 1 amide bonds. The lowest BCUT2D eigenvalue weighted by Gasteiger charge is -2.18. The molecule has 3 aromatic rings. The highest BCUT2D eigenvalue weighted by Crippen LogP contribution is 2.26. The summed E-state index contributed by atoms with van der Waals surface area (Å²) in [7, 11) is -3.69. The van der Waals surface area contributed by atoms with Crippen molar-refractivity contribution in [1.29, 1.82) is 0 Å². The van der Waals surface area contributed by atoms with Crippen LogP contribution in [0.1, 0.15) is 20.8 Å². The Labute approximate surface area is 182 Å². The van der Waals surface area contributed by atoms with Gasteiger partial charge in [-0.3, -0.25) is 9.20 Å². The fourth-order valence-corrected chi connectivity index (χ4v) is 5.12. The van der Waals surface area contributed by atoms with Crippen molar-refractivity contribution < 1.29 is 22.0 Å². The lowest BCUT2D eigenvalue weighted by Crippen LogP contribution is -2.30. The zero-order chi connectivity index (χ0) is 22.8. The summed E-state index contributed by atoms with van der Waals surface area (Å²) in [6.45, 7) is 5.75. The Bertz CT molecular complexity index is 1210. The van der Waals surface area contributed by atoms with E-state index in [1.54, 1.807) is 20.8 Å². The van der Waals surface area contributed by atoms with E-state index in [1.165, 1.54) is 27.0 Å². The smallest absolute Gasteiger partial charge is 0.244 e. The van der Waals surface area contributed by atoms with Crippen molar-refractivity contribution >= 4 is 39.0 Å². The van der Waals surface area contributed by atoms with Crippen molar-refractivity contribution in [2.75, 3.05) is 18.4 Å². The molecular formula is C19H21F2N5O3S2. The van der Waals surface area contributed by atoms with Gasteiger partial charge in [0.2, 0.25) is 15.9 Å². The molecule has 166 valence electrons. The second kappa shape index (κ2) is 9.28. The predicted molar refractivity (Wildman–Crippen MR) is 113 cm³/mol. The van der Waals surface area contributed by atoms with Crippen molar-refractivity contribution in [2.45, 2.75) is 36.1 Å². The van der Waals surface area contributed by atoms with Gasteiger partial charge in [-0.25, -0.2) is 17.2 Å². The van der Waals surface area contributed by atoms with Crippen molar-refractivity contribution in [1.82, 2.24) is 18.9 Å². The number of hydrogen-bond donors (Lipinski definition) is 1. The van der Waals surface area contributed by atoms with E-state index in [9.17, 15) is 22.0 Å². The summed E-state index contributed by atoms with van der Waals surface area (Å²) in [6.07, 6.45) is 1.41. The molecule has 1 aromatic carbocycles. The Hall–Kier alpha value is -2.57. The molecule has 3 rings (SSSR count). The van der Waals surface area contributed by atoms with Gasteiger partial charge in [0.1, 0.15) is 11.6 Å². The van der Waals surface area contributed by atoms with E-state index < -0.39 is 32.8 Å². The van der Waals surface area contributed by atoms with E-state index >= 15 is 0 Å². The average Bonchev–Trinajstić information content (AvgIpc) is 3.12. The molecule has 1 atom stereocenters. The third kappa shape index (κ3) is 4.86. The molecule has 31 heavy (non-hydrogen) atoms. The molecule has 2 aromatic heterocycles. The molecule has 2 heterocycles. The molecule has 0 aliphatic heterocycles. The summed E-state index contributed by atoms with van der Waals surface area (Å²) in [4.78, 5) is 12.5. The second-order valence-electron chi connectivity index (χ2n) is 6.54. The minimum absolute atomic E-state index is 0.0795. The number of rotatable bonds is 8. The van der Waals surface area contributed by atoms with Gasteiger partial charge in [-0.05, 0) is 31.2 Å². The van der Waals surface area contributed by atoms with Gasteiger partial charge in [-0.1, -0.05) is 25.6 Å². The van der Waals surface area contributed by atoms with E-state index in [2.05, 4.69) is 15.5 Å². The molecular weight excluding hydrogens is 448 g/mol. The summed E-state index contributed by atoms with van der Waals surface area (Å²) in [5, 5.41) is 10.0. The molecule has 0 spiro atoms. The number of sulfonamides is 1. The molecule has 0 radical (unpaired) electrons. The molecule has 0 aliphatic rings. The lowest BCUT2D eigenvalue weighted by atomic mass is 10.3. The molecule has 0 fully saturated rings. The second-order valence-corrected chi connectivity index (χ2v) is 9.78. The normalized spacial score (nSPS) is 13.0. The van der Waals surface area contributed by atoms with E-state index in [1.807, 2.05) is 0 Å². The van der Waals surface area contributed by atoms with Crippen molar-refractivity contribution in [2.24, 2.45) is 0 Å². The van der Waals surface area contributed by atoms with Gasteiger partial charge in [0.25, 0.3) is 0 Å². The van der Waals surface area contributed by atoms with E-state index in [-0.39, 0.29) is 10.6 Å². The molecule has 0 saturated heterocycles. The highest BCUT2D eigenvalue weighted by Gasteiger charge is 2.24. The minimum Gasteiger partial charge on any atom is -0.323 e. The first-order chi connectivity index (χ1) is 14.7. The van der Waals surface area contributed by atoms with Crippen molar-refractivity contribution in [3.05, 3.63) is 48.2 Å². The zero-order valence-electron chi connectivity index (χ0n) is 17.0. The molecule has 0 aliphatic carbocycles. The van der Waals surface area contributed by atoms with Crippen LogP contribution in [-0.4, -0.2) is 51.6 Å². The topological polar surface area (TPSA) is 96.7 Å².